The van der Waals surface area contributed by atoms with Gasteiger partial charge in [-0.1, -0.05) is 25.0 Å². The van der Waals surface area contributed by atoms with Crippen LogP contribution in [0.25, 0.3) is 0 Å². The van der Waals surface area contributed by atoms with Gasteiger partial charge in [0.1, 0.15) is 5.54 Å². The number of hydrogen-bond acceptors (Lipinski definition) is 4. The van der Waals surface area contributed by atoms with Gasteiger partial charge in [-0.2, -0.15) is 0 Å². The first-order valence-electron chi connectivity index (χ1n) is 7.75. The molecule has 0 aromatic heterocycles. The molecular weight excluding hydrogens is 316 g/mol. The number of sulfone groups is 1. The third-order valence-electron chi connectivity index (χ3n) is 4.68. The van der Waals surface area contributed by atoms with Crippen LogP contribution < -0.4 is 5.32 Å². The van der Waals surface area contributed by atoms with E-state index in [4.69, 9.17) is 0 Å². The van der Waals surface area contributed by atoms with E-state index in [9.17, 15) is 18.0 Å². The van der Waals surface area contributed by atoms with E-state index in [1.165, 1.54) is 4.90 Å². The van der Waals surface area contributed by atoms with Gasteiger partial charge >= 0.3 is 6.03 Å². The van der Waals surface area contributed by atoms with Crippen molar-refractivity contribution in [3.8, 4) is 0 Å². The van der Waals surface area contributed by atoms with Crippen LogP contribution in [0.2, 0.25) is 0 Å². The average molecular weight is 336 g/mol. The maximum atomic E-state index is 12.5. The monoisotopic (exact) mass is 336 g/mol. The third-order valence-corrected chi connectivity index (χ3v) is 5.81. The molecule has 1 N–H and O–H groups in total. The van der Waals surface area contributed by atoms with E-state index in [0.717, 1.165) is 37.5 Å². The van der Waals surface area contributed by atoms with Gasteiger partial charge in [0.05, 0.1) is 4.90 Å². The van der Waals surface area contributed by atoms with E-state index in [1.54, 1.807) is 24.3 Å². The largest absolute Gasteiger partial charge is 0.325 e. The lowest BCUT2D eigenvalue weighted by Gasteiger charge is -2.20. The predicted octanol–water partition coefficient (Wildman–Crippen LogP) is 1.50. The van der Waals surface area contributed by atoms with Crippen molar-refractivity contribution in [1.82, 2.24) is 10.2 Å². The molecule has 1 aromatic carbocycles. The lowest BCUT2D eigenvalue weighted by atomic mass is 9.98. The zero-order chi connectivity index (χ0) is 16.7. The Morgan fingerprint density at radius 2 is 1.74 bits per heavy atom. The van der Waals surface area contributed by atoms with Crippen molar-refractivity contribution < 1.29 is 18.0 Å². The van der Waals surface area contributed by atoms with Gasteiger partial charge in [-0.25, -0.2) is 13.2 Å². The third kappa shape index (κ3) is 2.97. The molecule has 1 aliphatic heterocycles. The number of carbonyl (C=O) groups is 2. The second-order valence-electron chi connectivity index (χ2n) is 6.34. The molecule has 0 unspecified atom stereocenters. The van der Waals surface area contributed by atoms with Crippen molar-refractivity contribution >= 4 is 21.8 Å². The molecule has 2 fully saturated rings. The summed E-state index contributed by atoms with van der Waals surface area (Å²) >= 11 is 0. The highest BCUT2D eigenvalue weighted by molar-refractivity contribution is 7.90. The van der Waals surface area contributed by atoms with Crippen LogP contribution >= 0.6 is 0 Å². The van der Waals surface area contributed by atoms with E-state index in [1.807, 2.05) is 0 Å². The second-order valence-corrected chi connectivity index (χ2v) is 8.36. The first kappa shape index (κ1) is 16.0. The van der Waals surface area contributed by atoms with Crippen molar-refractivity contribution in [3.05, 3.63) is 29.8 Å². The van der Waals surface area contributed by atoms with Crippen LogP contribution in [0.1, 0.15) is 31.2 Å². The average Bonchev–Trinajstić information content (AvgIpc) is 3.04. The Morgan fingerprint density at radius 1 is 1.13 bits per heavy atom. The van der Waals surface area contributed by atoms with Crippen molar-refractivity contribution in [2.45, 2.75) is 42.5 Å². The van der Waals surface area contributed by atoms with Gasteiger partial charge in [0.2, 0.25) is 0 Å². The van der Waals surface area contributed by atoms with Crippen LogP contribution in [0, 0.1) is 0 Å². The van der Waals surface area contributed by atoms with Crippen molar-refractivity contribution in [2.24, 2.45) is 0 Å². The molecule has 1 heterocycles. The Hall–Kier alpha value is -1.89. The molecular formula is C16H20N2O4S. The summed E-state index contributed by atoms with van der Waals surface area (Å²) in [6.45, 7) is 0.310. The van der Waals surface area contributed by atoms with Gasteiger partial charge in [0.15, 0.2) is 9.84 Å². The van der Waals surface area contributed by atoms with Crippen molar-refractivity contribution in [2.75, 3.05) is 12.8 Å². The number of imide groups is 1. The number of amides is 3. The maximum Gasteiger partial charge on any atom is 0.325 e. The van der Waals surface area contributed by atoms with Crippen molar-refractivity contribution in [3.63, 3.8) is 0 Å². The Bertz CT molecular complexity index is 734. The molecule has 2 aliphatic rings. The summed E-state index contributed by atoms with van der Waals surface area (Å²) in [4.78, 5) is 26.1. The Kier molecular flexibility index (Phi) is 3.91. The van der Waals surface area contributed by atoms with Gasteiger partial charge < -0.3 is 5.32 Å². The Balaban J connectivity index is 1.66. The lowest BCUT2D eigenvalue weighted by molar-refractivity contribution is -0.131. The molecule has 0 atom stereocenters. The molecule has 124 valence electrons. The molecule has 0 radical (unpaired) electrons. The number of urea groups is 1. The molecule has 0 bridgehead atoms. The second kappa shape index (κ2) is 5.63. The number of carbonyl (C=O) groups excluding carboxylic acids is 2. The minimum Gasteiger partial charge on any atom is -0.323 e. The van der Waals surface area contributed by atoms with E-state index in [-0.39, 0.29) is 16.8 Å². The first-order chi connectivity index (χ1) is 10.8. The molecule has 1 saturated carbocycles. The van der Waals surface area contributed by atoms with Crippen LogP contribution in [0.5, 0.6) is 0 Å². The van der Waals surface area contributed by atoms with Crippen LogP contribution in [0.15, 0.2) is 29.2 Å². The summed E-state index contributed by atoms with van der Waals surface area (Å²) in [6.07, 6.45) is 5.05. The summed E-state index contributed by atoms with van der Waals surface area (Å²) in [7, 11) is -3.21. The number of rotatable bonds is 4. The first-order valence-corrected chi connectivity index (χ1v) is 9.64. The topological polar surface area (TPSA) is 83.6 Å². The normalized spacial score (nSPS) is 20.3. The molecule has 3 amide bonds. The Morgan fingerprint density at radius 3 is 2.30 bits per heavy atom. The summed E-state index contributed by atoms with van der Waals surface area (Å²) < 4.78 is 22.9. The standard InChI is InChI=1S/C16H20N2O4S/c1-23(21,22)13-6-4-12(5-7-13)8-11-18-14(19)16(17-15(18)20)9-2-3-10-16/h4-7H,2-3,8-11H2,1H3,(H,17,20). The summed E-state index contributed by atoms with van der Waals surface area (Å²) in [5.74, 6) is -0.118. The van der Waals surface area contributed by atoms with Gasteiger partial charge in [-0.3, -0.25) is 9.69 Å². The SMILES string of the molecule is CS(=O)(=O)c1ccc(CCN2C(=O)NC3(CCCC3)C2=O)cc1. The molecule has 6 nitrogen and oxygen atoms in total. The quantitative estimate of drug-likeness (QED) is 0.845. The highest BCUT2D eigenvalue weighted by atomic mass is 32.2. The molecule has 23 heavy (non-hydrogen) atoms. The molecule has 1 aliphatic carbocycles. The van der Waals surface area contributed by atoms with E-state index in [0.29, 0.717) is 13.0 Å². The fourth-order valence-electron chi connectivity index (χ4n) is 3.34. The maximum absolute atomic E-state index is 12.5. The molecule has 7 heteroatoms. The zero-order valence-corrected chi connectivity index (χ0v) is 13.9. The summed E-state index contributed by atoms with van der Waals surface area (Å²) in [6, 6.07) is 6.23. The number of nitrogens with one attached hydrogen (secondary N) is 1. The Labute approximate surface area is 135 Å². The van der Waals surface area contributed by atoms with E-state index >= 15 is 0 Å². The summed E-state index contributed by atoms with van der Waals surface area (Å²) in [5, 5.41) is 2.85. The number of hydrogen-bond donors (Lipinski definition) is 1. The van der Waals surface area contributed by atoms with Crippen molar-refractivity contribution in [1.29, 1.82) is 0 Å². The molecule has 1 saturated heterocycles. The van der Waals surface area contributed by atoms with Gasteiger partial charge in [-0.05, 0) is 37.0 Å². The number of nitrogens with zero attached hydrogens (tertiary/aromatic N) is 1. The fourth-order valence-corrected chi connectivity index (χ4v) is 3.97. The molecule has 3 rings (SSSR count). The lowest BCUT2D eigenvalue weighted by Crippen LogP contribution is -2.44. The summed E-state index contributed by atoms with van der Waals surface area (Å²) in [5.41, 5.74) is 0.224. The number of benzene rings is 1. The highest BCUT2D eigenvalue weighted by Crippen LogP contribution is 2.35. The van der Waals surface area contributed by atoms with Crippen LogP contribution in [-0.2, 0) is 21.1 Å². The predicted molar refractivity (Wildman–Crippen MR) is 84.7 cm³/mol. The zero-order valence-electron chi connectivity index (χ0n) is 13.0. The molecule has 1 aromatic rings. The van der Waals surface area contributed by atoms with Crippen LogP contribution in [0.3, 0.4) is 0 Å². The minimum atomic E-state index is -3.21. The minimum absolute atomic E-state index is 0.118. The van der Waals surface area contributed by atoms with Crippen LogP contribution in [0.4, 0.5) is 4.79 Å². The fraction of sp³-hybridized carbons (Fsp3) is 0.500. The van der Waals surface area contributed by atoms with Gasteiger partial charge in [-0.15, -0.1) is 0 Å². The smallest absolute Gasteiger partial charge is 0.323 e. The van der Waals surface area contributed by atoms with Crippen LogP contribution in [-0.4, -0.2) is 43.6 Å². The van der Waals surface area contributed by atoms with E-state index < -0.39 is 15.4 Å². The van der Waals surface area contributed by atoms with E-state index in [2.05, 4.69) is 5.32 Å². The highest BCUT2D eigenvalue weighted by Gasteiger charge is 2.51. The van der Waals surface area contributed by atoms with Gasteiger partial charge in [0.25, 0.3) is 5.91 Å². The van der Waals surface area contributed by atoms with Gasteiger partial charge in [0, 0.05) is 12.8 Å². The molecule has 1 spiro atoms.